The molecule has 0 aromatic rings. The highest BCUT2D eigenvalue weighted by Crippen LogP contribution is 2.12. The fourth-order valence-corrected chi connectivity index (χ4v) is 2.44. The molecule has 0 atom stereocenters. The molecule has 0 saturated carbocycles. The number of carboxylic acid groups (broad SMARTS) is 1. The molecule has 0 radical (unpaired) electrons. The summed E-state index contributed by atoms with van der Waals surface area (Å²) >= 11 is 0. The number of hydrogen-bond donors (Lipinski definition) is 1. The van der Waals surface area contributed by atoms with Gasteiger partial charge in [0.05, 0.1) is 19.8 Å². The molecule has 0 aromatic heterocycles. The first-order chi connectivity index (χ1) is 10.6. The highest BCUT2D eigenvalue weighted by atomic mass is 16.5. The summed E-state index contributed by atoms with van der Waals surface area (Å²) in [5.74, 6) is -1.62. The van der Waals surface area contributed by atoms with Crippen molar-refractivity contribution in [2.24, 2.45) is 0 Å². The molecule has 1 aliphatic rings. The summed E-state index contributed by atoms with van der Waals surface area (Å²) in [4.78, 5) is 24.8. The van der Waals surface area contributed by atoms with Crippen LogP contribution in [0.1, 0.15) is 39.0 Å². The molecule has 1 heterocycles. The summed E-state index contributed by atoms with van der Waals surface area (Å²) in [7, 11) is 0. The number of hydrogen-bond acceptors (Lipinski definition) is 5. The van der Waals surface area contributed by atoms with E-state index in [9.17, 15) is 9.59 Å². The Labute approximate surface area is 132 Å². The third-order valence-electron chi connectivity index (χ3n) is 3.61. The van der Waals surface area contributed by atoms with E-state index >= 15 is 0 Å². The summed E-state index contributed by atoms with van der Waals surface area (Å²) in [6, 6.07) is 0. The third-order valence-corrected chi connectivity index (χ3v) is 3.61. The molecular formula is C16H27NO5. The van der Waals surface area contributed by atoms with Crippen LogP contribution in [0, 0.1) is 0 Å². The van der Waals surface area contributed by atoms with Gasteiger partial charge in [-0.15, -0.1) is 0 Å². The molecule has 1 N–H and O–H groups in total. The van der Waals surface area contributed by atoms with Crippen molar-refractivity contribution >= 4 is 11.9 Å². The Morgan fingerprint density at radius 1 is 1.18 bits per heavy atom. The zero-order chi connectivity index (χ0) is 16.2. The fourth-order valence-electron chi connectivity index (χ4n) is 2.44. The number of unbranched alkanes of at least 4 members (excludes halogenated alkanes) is 3. The monoisotopic (exact) mass is 313 g/mol. The first-order valence-corrected chi connectivity index (χ1v) is 8.04. The average Bonchev–Trinajstić information content (AvgIpc) is 2.50. The van der Waals surface area contributed by atoms with Crippen molar-refractivity contribution < 1.29 is 24.2 Å². The first kappa shape index (κ1) is 18.6. The van der Waals surface area contributed by atoms with E-state index in [1.807, 2.05) is 0 Å². The number of ether oxygens (including phenoxy) is 2. The number of nitrogens with zero attached hydrogens (tertiary/aromatic N) is 1. The molecule has 1 rings (SSSR count). The topological polar surface area (TPSA) is 76.1 Å². The van der Waals surface area contributed by atoms with Crippen molar-refractivity contribution in [1.82, 2.24) is 4.90 Å². The maximum atomic E-state index is 11.6. The minimum absolute atomic E-state index is 0.252. The molecule has 1 saturated heterocycles. The quantitative estimate of drug-likeness (QED) is 0.377. The molecule has 0 amide bonds. The SMILES string of the molecule is CCOC(=O)/C(=C/C(=O)O)CCCCCCN1CCOCC1. The predicted molar refractivity (Wildman–Crippen MR) is 82.7 cm³/mol. The Bertz CT molecular complexity index is 375. The van der Waals surface area contributed by atoms with Crippen LogP contribution in [-0.2, 0) is 19.1 Å². The Morgan fingerprint density at radius 2 is 1.86 bits per heavy atom. The summed E-state index contributed by atoms with van der Waals surface area (Å²) in [6.45, 7) is 6.71. The molecule has 1 fully saturated rings. The zero-order valence-corrected chi connectivity index (χ0v) is 13.4. The molecule has 1 aliphatic heterocycles. The van der Waals surface area contributed by atoms with Crippen LogP contribution in [0.25, 0.3) is 0 Å². The van der Waals surface area contributed by atoms with Gasteiger partial charge >= 0.3 is 11.9 Å². The molecule has 6 heteroatoms. The summed E-state index contributed by atoms with van der Waals surface area (Å²) < 4.78 is 10.2. The normalized spacial score (nSPS) is 16.5. The molecular weight excluding hydrogens is 286 g/mol. The van der Waals surface area contributed by atoms with E-state index in [0.717, 1.165) is 64.6 Å². The van der Waals surface area contributed by atoms with Crippen LogP contribution in [-0.4, -0.2) is 61.4 Å². The van der Waals surface area contributed by atoms with Crippen LogP contribution in [0.5, 0.6) is 0 Å². The van der Waals surface area contributed by atoms with E-state index in [4.69, 9.17) is 14.6 Å². The van der Waals surface area contributed by atoms with Crippen molar-refractivity contribution in [3.63, 3.8) is 0 Å². The Kier molecular flexibility index (Phi) is 9.50. The van der Waals surface area contributed by atoms with Gasteiger partial charge in [0.1, 0.15) is 0 Å². The van der Waals surface area contributed by atoms with Crippen LogP contribution in [0.15, 0.2) is 11.6 Å². The van der Waals surface area contributed by atoms with Crippen LogP contribution in [0.2, 0.25) is 0 Å². The van der Waals surface area contributed by atoms with Gasteiger partial charge in [-0.2, -0.15) is 0 Å². The standard InChI is InChI=1S/C16H27NO5/c1-2-22-16(20)14(13-15(18)19)7-5-3-4-6-8-17-9-11-21-12-10-17/h13H,2-12H2,1H3,(H,18,19)/b14-13+. The van der Waals surface area contributed by atoms with Gasteiger partial charge < -0.3 is 14.6 Å². The number of morpholine rings is 1. The van der Waals surface area contributed by atoms with Crippen molar-refractivity contribution in [3.05, 3.63) is 11.6 Å². The Balaban J connectivity index is 2.16. The molecule has 22 heavy (non-hydrogen) atoms. The number of aliphatic carboxylic acids is 1. The first-order valence-electron chi connectivity index (χ1n) is 8.04. The maximum Gasteiger partial charge on any atom is 0.334 e. The van der Waals surface area contributed by atoms with Gasteiger partial charge in [-0.25, -0.2) is 9.59 Å². The smallest absolute Gasteiger partial charge is 0.334 e. The van der Waals surface area contributed by atoms with Gasteiger partial charge in [0.2, 0.25) is 0 Å². The van der Waals surface area contributed by atoms with Gasteiger partial charge in [0, 0.05) is 24.7 Å². The third kappa shape index (κ3) is 8.14. The second-order valence-electron chi connectivity index (χ2n) is 5.35. The second-order valence-corrected chi connectivity index (χ2v) is 5.35. The molecule has 0 spiro atoms. The number of carbonyl (C=O) groups excluding carboxylic acids is 1. The Hall–Kier alpha value is -1.40. The average molecular weight is 313 g/mol. The fraction of sp³-hybridized carbons (Fsp3) is 0.750. The van der Waals surface area contributed by atoms with Gasteiger partial charge in [-0.05, 0) is 32.7 Å². The maximum absolute atomic E-state index is 11.6. The molecule has 126 valence electrons. The highest BCUT2D eigenvalue weighted by molar-refractivity contribution is 5.95. The van der Waals surface area contributed by atoms with E-state index < -0.39 is 11.9 Å². The zero-order valence-electron chi connectivity index (χ0n) is 13.4. The van der Waals surface area contributed by atoms with Gasteiger partial charge in [-0.1, -0.05) is 12.8 Å². The Morgan fingerprint density at radius 3 is 2.50 bits per heavy atom. The molecule has 6 nitrogen and oxygen atoms in total. The summed E-state index contributed by atoms with van der Waals surface area (Å²) in [5.41, 5.74) is 0.252. The van der Waals surface area contributed by atoms with E-state index in [-0.39, 0.29) is 12.2 Å². The number of carbonyl (C=O) groups is 2. The van der Waals surface area contributed by atoms with Crippen LogP contribution in [0.4, 0.5) is 0 Å². The number of esters is 1. The van der Waals surface area contributed by atoms with Crippen molar-refractivity contribution in [1.29, 1.82) is 0 Å². The van der Waals surface area contributed by atoms with Crippen LogP contribution in [0.3, 0.4) is 0 Å². The molecule has 0 aliphatic carbocycles. The van der Waals surface area contributed by atoms with E-state index in [1.54, 1.807) is 6.92 Å². The number of carboxylic acids is 1. The minimum atomic E-state index is -1.10. The van der Waals surface area contributed by atoms with E-state index in [1.165, 1.54) is 0 Å². The lowest BCUT2D eigenvalue weighted by Crippen LogP contribution is -2.36. The lowest BCUT2D eigenvalue weighted by atomic mass is 10.1. The second kappa shape index (κ2) is 11.2. The van der Waals surface area contributed by atoms with Crippen molar-refractivity contribution in [3.8, 4) is 0 Å². The molecule has 0 unspecified atom stereocenters. The van der Waals surface area contributed by atoms with Crippen molar-refractivity contribution in [2.75, 3.05) is 39.5 Å². The largest absolute Gasteiger partial charge is 0.478 e. The summed E-state index contributed by atoms with van der Waals surface area (Å²) in [6.07, 6.45) is 5.42. The lowest BCUT2D eigenvalue weighted by molar-refractivity contribution is -0.139. The van der Waals surface area contributed by atoms with Crippen LogP contribution >= 0.6 is 0 Å². The van der Waals surface area contributed by atoms with E-state index in [2.05, 4.69) is 4.90 Å². The van der Waals surface area contributed by atoms with Gasteiger partial charge in [0.25, 0.3) is 0 Å². The lowest BCUT2D eigenvalue weighted by Gasteiger charge is -2.26. The molecule has 0 aromatic carbocycles. The van der Waals surface area contributed by atoms with E-state index in [0.29, 0.717) is 6.42 Å². The minimum Gasteiger partial charge on any atom is -0.478 e. The number of rotatable bonds is 10. The molecule has 0 bridgehead atoms. The van der Waals surface area contributed by atoms with Gasteiger partial charge in [0.15, 0.2) is 0 Å². The van der Waals surface area contributed by atoms with Crippen LogP contribution < -0.4 is 0 Å². The highest BCUT2D eigenvalue weighted by Gasteiger charge is 2.12. The van der Waals surface area contributed by atoms with Gasteiger partial charge in [-0.3, -0.25) is 4.90 Å². The van der Waals surface area contributed by atoms with Crippen molar-refractivity contribution in [2.45, 2.75) is 39.0 Å². The summed E-state index contributed by atoms with van der Waals surface area (Å²) in [5, 5.41) is 8.79. The predicted octanol–water partition coefficient (Wildman–Crippen LogP) is 1.84.